The van der Waals surface area contributed by atoms with Crippen LogP contribution in [0.15, 0.2) is 115 Å². The summed E-state index contributed by atoms with van der Waals surface area (Å²) in [6.07, 6.45) is -2.46. The number of methoxy groups -OCH3 is 1. The molecule has 0 bridgehead atoms. The molecule has 4 aromatic carbocycles. The van der Waals surface area contributed by atoms with Crippen LogP contribution in [0.1, 0.15) is 33.9 Å². The van der Waals surface area contributed by atoms with Crippen molar-refractivity contribution in [2.24, 2.45) is 0 Å². The van der Waals surface area contributed by atoms with E-state index >= 15 is 0 Å². The van der Waals surface area contributed by atoms with E-state index in [1.807, 2.05) is 78.9 Å². The molecule has 0 N–H and O–H groups in total. The first-order valence-electron chi connectivity index (χ1n) is 13.4. The summed E-state index contributed by atoms with van der Waals surface area (Å²) in [5.41, 5.74) is 5.40. The summed E-state index contributed by atoms with van der Waals surface area (Å²) in [7, 11) is 1.65. The van der Waals surface area contributed by atoms with Gasteiger partial charge in [-0.3, -0.25) is 0 Å². The van der Waals surface area contributed by atoms with Gasteiger partial charge in [0.1, 0.15) is 24.4 Å². The molecule has 5 heteroatoms. The summed E-state index contributed by atoms with van der Waals surface area (Å²) < 4.78 is 32.4. The minimum absolute atomic E-state index is 0.403. The highest BCUT2D eigenvalue weighted by Gasteiger charge is 2.49. The van der Waals surface area contributed by atoms with Gasteiger partial charge in [0.05, 0.1) is 19.8 Å². The minimum atomic E-state index is -0.643. The number of benzene rings is 4. The van der Waals surface area contributed by atoms with Crippen molar-refractivity contribution in [1.82, 2.24) is 0 Å². The fraction of sp³-hybridized carbons (Fsp3) is 0.294. The molecule has 0 spiro atoms. The molecule has 0 amide bonds. The van der Waals surface area contributed by atoms with Gasteiger partial charge < -0.3 is 23.7 Å². The average molecular weight is 525 g/mol. The molecule has 5 atom stereocenters. The molecule has 0 saturated carbocycles. The molecule has 0 aromatic heterocycles. The third kappa shape index (κ3) is 7.01. The van der Waals surface area contributed by atoms with Gasteiger partial charge >= 0.3 is 0 Å². The molecule has 5 rings (SSSR count). The van der Waals surface area contributed by atoms with Gasteiger partial charge in [0.15, 0.2) is 6.29 Å². The van der Waals surface area contributed by atoms with Crippen LogP contribution in [0.2, 0.25) is 0 Å². The van der Waals surface area contributed by atoms with Gasteiger partial charge in [0.25, 0.3) is 0 Å². The SMILES string of the molecule is CO[C@@H]1O[C@H](c2ccccc2C)[C@@H](OCc2ccccc2)[C@H](OCc2ccccc2)[C@H]1OCc1ccccc1. The Morgan fingerprint density at radius 2 is 0.974 bits per heavy atom. The van der Waals surface area contributed by atoms with Crippen molar-refractivity contribution in [3.63, 3.8) is 0 Å². The Morgan fingerprint density at radius 3 is 1.46 bits per heavy atom. The Kier molecular flexibility index (Phi) is 9.54. The molecule has 202 valence electrons. The number of hydrogen-bond donors (Lipinski definition) is 0. The van der Waals surface area contributed by atoms with E-state index in [1.165, 1.54) is 0 Å². The van der Waals surface area contributed by atoms with E-state index in [2.05, 4.69) is 43.3 Å². The predicted molar refractivity (Wildman–Crippen MR) is 151 cm³/mol. The Labute approximate surface area is 231 Å². The third-order valence-corrected chi connectivity index (χ3v) is 7.08. The number of hydrogen-bond acceptors (Lipinski definition) is 5. The average Bonchev–Trinajstić information content (AvgIpc) is 2.99. The fourth-order valence-corrected chi connectivity index (χ4v) is 5.00. The van der Waals surface area contributed by atoms with E-state index in [1.54, 1.807) is 7.11 Å². The van der Waals surface area contributed by atoms with Gasteiger partial charge in [-0.15, -0.1) is 0 Å². The molecule has 5 nitrogen and oxygen atoms in total. The maximum absolute atomic E-state index is 6.68. The monoisotopic (exact) mass is 524 g/mol. The van der Waals surface area contributed by atoms with E-state index < -0.39 is 30.7 Å². The summed E-state index contributed by atoms with van der Waals surface area (Å²) in [6.45, 7) is 3.33. The number of ether oxygens (including phenoxy) is 5. The van der Waals surface area contributed by atoms with E-state index in [-0.39, 0.29) is 0 Å². The summed E-state index contributed by atoms with van der Waals surface area (Å²) in [6, 6.07) is 38.7. The van der Waals surface area contributed by atoms with Gasteiger partial charge in [-0.1, -0.05) is 115 Å². The van der Waals surface area contributed by atoms with E-state index in [4.69, 9.17) is 23.7 Å². The molecule has 4 aromatic rings. The van der Waals surface area contributed by atoms with E-state index in [0.717, 1.165) is 27.8 Å². The van der Waals surface area contributed by atoms with Crippen LogP contribution in [0.5, 0.6) is 0 Å². The van der Waals surface area contributed by atoms with Crippen LogP contribution < -0.4 is 0 Å². The molecular formula is C34H36O5. The molecule has 1 fully saturated rings. The molecular weight excluding hydrogens is 488 g/mol. The van der Waals surface area contributed by atoms with Crippen molar-refractivity contribution in [3.8, 4) is 0 Å². The Balaban J connectivity index is 1.49. The Morgan fingerprint density at radius 1 is 0.538 bits per heavy atom. The van der Waals surface area contributed by atoms with E-state index in [9.17, 15) is 0 Å². The molecule has 39 heavy (non-hydrogen) atoms. The summed E-state index contributed by atoms with van der Waals surface area (Å²) in [5.74, 6) is 0. The normalized spacial score (nSPS) is 23.0. The largest absolute Gasteiger partial charge is 0.368 e. The first-order valence-corrected chi connectivity index (χ1v) is 13.4. The minimum Gasteiger partial charge on any atom is -0.368 e. The van der Waals surface area contributed by atoms with Crippen LogP contribution in [-0.2, 0) is 43.5 Å². The van der Waals surface area contributed by atoms with Crippen LogP contribution in [0, 0.1) is 6.92 Å². The first kappa shape index (κ1) is 27.3. The van der Waals surface area contributed by atoms with Gasteiger partial charge in [-0.2, -0.15) is 0 Å². The van der Waals surface area contributed by atoms with Crippen LogP contribution in [0.25, 0.3) is 0 Å². The second kappa shape index (κ2) is 13.7. The van der Waals surface area contributed by atoms with Crippen molar-refractivity contribution >= 4 is 0 Å². The zero-order chi connectivity index (χ0) is 26.9. The van der Waals surface area contributed by atoms with Gasteiger partial charge in [0.2, 0.25) is 0 Å². The standard InChI is InChI=1S/C34H36O5/c1-25-14-12-13-21-29(25)30-31(36-22-26-15-6-3-7-16-26)32(37-23-27-17-8-4-9-18-27)33(34(35-2)39-30)38-24-28-19-10-5-11-20-28/h3-21,30-34H,22-24H2,1-2H3/t30-,31-,32+,33-,34-/m1/s1. The van der Waals surface area contributed by atoms with Crippen LogP contribution >= 0.6 is 0 Å². The van der Waals surface area contributed by atoms with Crippen molar-refractivity contribution in [3.05, 3.63) is 143 Å². The van der Waals surface area contributed by atoms with Crippen LogP contribution in [0.3, 0.4) is 0 Å². The summed E-state index contributed by atoms with van der Waals surface area (Å²) in [5, 5.41) is 0. The van der Waals surface area contributed by atoms with Crippen molar-refractivity contribution < 1.29 is 23.7 Å². The van der Waals surface area contributed by atoms with Crippen molar-refractivity contribution in [2.45, 2.75) is 57.5 Å². The summed E-state index contributed by atoms with van der Waals surface area (Å²) >= 11 is 0. The fourth-order valence-electron chi connectivity index (χ4n) is 5.00. The zero-order valence-corrected chi connectivity index (χ0v) is 22.5. The van der Waals surface area contributed by atoms with Crippen LogP contribution in [-0.4, -0.2) is 31.7 Å². The quantitative estimate of drug-likeness (QED) is 0.216. The summed E-state index contributed by atoms with van der Waals surface area (Å²) in [4.78, 5) is 0. The Hall–Kier alpha value is -3.32. The maximum Gasteiger partial charge on any atom is 0.186 e. The second-order valence-electron chi connectivity index (χ2n) is 9.80. The van der Waals surface area contributed by atoms with Crippen LogP contribution in [0.4, 0.5) is 0 Å². The second-order valence-corrected chi connectivity index (χ2v) is 9.80. The molecule has 1 saturated heterocycles. The molecule has 0 radical (unpaired) electrons. The van der Waals surface area contributed by atoms with Crippen molar-refractivity contribution in [1.29, 1.82) is 0 Å². The van der Waals surface area contributed by atoms with Gasteiger partial charge in [0, 0.05) is 7.11 Å². The molecule has 1 aliphatic rings. The lowest BCUT2D eigenvalue weighted by molar-refractivity contribution is -0.320. The lowest BCUT2D eigenvalue weighted by atomic mass is 9.90. The lowest BCUT2D eigenvalue weighted by Gasteiger charge is -2.46. The molecule has 0 unspecified atom stereocenters. The maximum atomic E-state index is 6.68. The predicted octanol–water partition coefficient (Wildman–Crippen LogP) is 6.80. The number of rotatable bonds is 11. The zero-order valence-electron chi connectivity index (χ0n) is 22.5. The molecule has 1 aliphatic heterocycles. The van der Waals surface area contributed by atoms with Gasteiger partial charge in [-0.05, 0) is 34.7 Å². The number of aryl methyl sites for hydroxylation is 1. The van der Waals surface area contributed by atoms with Crippen molar-refractivity contribution in [2.75, 3.05) is 7.11 Å². The Bertz CT molecular complexity index is 1260. The lowest BCUT2D eigenvalue weighted by Crippen LogP contribution is -2.57. The highest BCUT2D eigenvalue weighted by Crippen LogP contribution is 2.39. The van der Waals surface area contributed by atoms with E-state index in [0.29, 0.717) is 19.8 Å². The first-order chi connectivity index (χ1) is 19.2. The third-order valence-electron chi connectivity index (χ3n) is 7.08. The highest BCUT2D eigenvalue weighted by atomic mass is 16.7. The molecule has 1 heterocycles. The topological polar surface area (TPSA) is 46.2 Å². The smallest absolute Gasteiger partial charge is 0.186 e. The highest BCUT2D eigenvalue weighted by molar-refractivity contribution is 5.30. The molecule has 0 aliphatic carbocycles. The van der Waals surface area contributed by atoms with Gasteiger partial charge in [-0.25, -0.2) is 0 Å².